The zero-order chi connectivity index (χ0) is 15.2. The summed E-state index contributed by atoms with van der Waals surface area (Å²) in [4.78, 5) is 0. The van der Waals surface area contributed by atoms with Crippen LogP contribution in [0.25, 0.3) is 0 Å². The van der Waals surface area contributed by atoms with Gasteiger partial charge in [-0.3, -0.25) is 0 Å². The molecule has 0 aromatic heterocycles. The summed E-state index contributed by atoms with van der Waals surface area (Å²) in [5.41, 5.74) is 1.25. The lowest BCUT2D eigenvalue weighted by molar-refractivity contribution is 0.474. The standard InChI is InChI=1S/C20H32O/c1-2-3-4-5-6-7-8-9-10-11-12-13-15-19-16-14-17-20(21)18-19/h6-7,14,16-18,21H,2-5,8-13,15H2,1H3/b7-6+. The third kappa shape index (κ3) is 10.2. The molecule has 1 aromatic rings. The Balaban J connectivity index is 1.89. The molecule has 118 valence electrons. The van der Waals surface area contributed by atoms with Gasteiger partial charge < -0.3 is 5.11 Å². The largest absolute Gasteiger partial charge is 0.508 e. The second-order valence-corrected chi connectivity index (χ2v) is 5.94. The molecule has 0 atom stereocenters. The van der Waals surface area contributed by atoms with Crippen LogP contribution in [0, 0.1) is 0 Å². The summed E-state index contributed by atoms with van der Waals surface area (Å²) in [6.07, 6.45) is 18.9. The van der Waals surface area contributed by atoms with Gasteiger partial charge in [0.15, 0.2) is 0 Å². The van der Waals surface area contributed by atoms with E-state index < -0.39 is 0 Å². The molecular formula is C20H32O. The highest BCUT2D eigenvalue weighted by atomic mass is 16.3. The fraction of sp³-hybridized carbons (Fsp3) is 0.600. The van der Waals surface area contributed by atoms with Crippen LogP contribution < -0.4 is 0 Å². The first-order valence-electron chi connectivity index (χ1n) is 8.76. The van der Waals surface area contributed by atoms with Crippen LogP contribution in [0.15, 0.2) is 36.4 Å². The van der Waals surface area contributed by atoms with E-state index in [1.165, 1.54) is 69.8 Å². The number of benzene rings is 1. The van der Waals surface area contributed by atoms with Crippen molar-refractivity contribution in [2.45, 2.75) is 77.6 Å². The van der Waals surface area contributed by atoms with Crippen molar-refractivity contribution in [2.24, 2.45) is 0 Å². The molecular weight excluding hydrogens is 256 g/mol. The Kier molecular flexibility index (Phi) is 10.6. The lowest BCUT2D eigenvalue weighted by Crippen LogP contribution is -1.86. The van der Waals surface area contributed by atoms with Crippen LogP contribution in [0.4, 0.5) is 0 Å². The molecule has 1 aromatic carbocycles. The van der Waals surface area contributed by atoms with Gasteiger partial charge in [-0.25, -0.2) is 0 Å². The third-order valence-corrected chi connectivity index (χ3v) is 3.89. The molecule has 0 amide bonds. The predicted molar refractivity (Wildman–Crippen MR) is 92.8 cm³/mol. The van der Waals surface area contributed by atoms with Gasteiger partial charge in [0.1, 0.15) is 5.75 Å². The first-order valence-corrected chi connectivity index (χ1v) is 8.76. The monoisotopic (exact) mass is 288 g/mol. The van der Waals surface area contributed by atoms with Gasteiger partial charge in [0.2, 0.25) is 0 Å². The number of phenolic OH excluding ortho intramolecular Hbond substituents is 1. The van der Waals surface area contributed by atoms with Gasteiger partial charge in [0.05, 0.1) is 0 Å². The normalized spacial score (nSPS) is 11.3. The van der Waals surface area contributed by atoms with Gasteiger partial charge in [-0.2, -0.15) is 0 Å². The topological polar surface area (TPSA) is 20.2 Å². The van der Waals surface area contributed by atoms with Gasteiger partial charge in [-0.05, 0) is 56.2 Å². The van der Waals surface area contributed by atoms with Crippen LogP contribution in [0.2, 0.25) is 0 Å². The van der Waals surface area contributed by atoms with E-state index in [4.69, 9.17) is 0 Å². The van der Waals surface area contributed by atoms with Gasteiger partial charge >= 0.3 is 0 Å². The lowest BCUT2D eigenvalue weighted by Gasteiger charge is -2.02. The second-order valence-electron chi connectivity index (χ2n) is 5.94. The first-order chi connectivity index (χ1) is 10.3. The number of rotatable bonds is 12. The molecule has 0 fully saturated rings. The Hall–Kier alpha value is -1.24. The number of allylic oxidation sites excluding steroid dienone is 2. The van der Waals surface area contributed by atoms with Crippen LogP contribution in [0.5, 0.6) is 5.75 Å². The summed E-state index contributed by atoms with van der Waals surface area (Å²) in [5.74, 6) is 0.387. The molecule has 0 unspecified atom stereocenters. The second kappa shape index (κ2) is 12.5. The Bertz CT molecular complexity index is 381. The van der Waals surface area contributed by atoms with Crippen molar-refractivity contribution in [3.8, 4) is 5.75 Å². The Morgan fingerprint density at radius 3 is 2.24 bits per heavy atom. The van der Waals surface area contributed by atoms with Crippen molar-refractivity contribution in [1.29, 1.82) is 0 Å². The molecule has 0 spiro atoms. The molecule has 1 rings (SSSR count). The molecule has 1 nitrogen and oxygen atoms in total. The molecule has 0 saturated carbocycles. The lowest BCUT2D eigenvalue weighted by atomic mass is 10.0. The molecule has 21 heavy (non-hydrogen) atoms. The third-order valence-electron chi connectivity index (χ3n) is 3.89. The van der Waals surface area contributed by atoms with Crippen molar-refractivity contribution in [1.82, 2.24) is 0 Å². The average molecular weight is 288 g/mol. The van der Waals surface area contributed by atoms with E-state index in [1.807, 2.05) is 12.1 Å². The maximum atomic E-state index is 9.40. The van der Waals surface area contributed by atoms with E-state index in [2.05, 4.69) is 25.1 Å². The maximum Gasteiger partial charge on any atom is 0.115 e. The Morgan fingerprint density at radius 2 is 1.52 bits per heavy atom. The Morgan fingerprint density at radius 1 is 0.857 bits per heavy atom. The summed E-state index contributed by atoms with van der Waals surface area (Å²) >= 11 is 0. The SMILES string of the molecule is CCCCC/C=C/CCCCCCCc1cccc(O)c1. The minimum Gasteiger partial charge on any atom is -0.508 e. The summed E-state index contributed by atoms with van der Waals surface area (Å²) in [6, 6.07) is 7.64. The van der Waals surface area contributed by atoms with Crippen molar-refractivity contribution >= 4 is 0 Å². The zero-order valence-corrected chi connectivity index (χ0v) is 13.7. The highest BCUT2D eigenvalue weighted by Gasteiger charge is 1.95. The van der Waals surface area contributed by atoms with Crippen LogP contribution in [-0.2, 0) is 6.42 Å². The molecule has 0 aliphatic carbocycles. The fourth-order valence-electron chi connectivity index (χ4n) is 2.58. The maximum absolute atomic E-state index is 9.40. The number of unbranched alkanes of at least 4 members (excludes halogenated alkanes) is 8. The molecule has 0 bridgehead atoms. The van der Waals surface area contributed by atoms with E-state index in [1.54, 1.807) is 6.07 Å². The van der Waals surface area contributed by atoms with Crippen LogP contribution in [0.3, 0.4) is 0 Å². The van der Waals surface area contributed by atoms with Crippen LogP contribution in [0.1, 0.15) is 76.7 Å². The number of phenols is 1. The Labute approximate surface area is 131 Å². The number of aromatic hydroxyl groups is 1. The zero-order valence-electron chi connectivity index (χ0n) is 13.7. The molecule has 0 radical (unpaired) electrons. The quantitative estimate of drug-likeness (QED) is 0.348. The van der Waals surface area contributed by atoms with Gasteiger partial charge in [0, 0.05) is 0 Å². The number of hydrogen-bond acceptors (Lipinski definition) is 1. The average Bonchev–Trinajstić information content (AvgIpc) is 2.48. The van der Waals surface area contributed by atoms with Crippen molar-refractivity contribution in [3.05, 3.63) is 42.0 Å². The molecule has 0 heterocycles. The molecule has 0 aliphatic heterocycles. The van der Waals surface area contributed by atoms with Gasteiger partial charge in [-0.1, -0.05) is 63.3 Å². The molecule has 0 aliphatic rings. The predicted octanol–water partition coefficient (Wildman–Crippen LogP) is 6.41. The molecule has 0 saturated heterocycles. The highest BCUT2D eigenvalue weighted by molar-refractivity contribution is 5.27. The fourth-order valence-corrected chi connectivity index (χ4v) is 2.58. The summed E-state index contributed by atoms with van der Waals surface area (Å²) in [5, 5.41) is 9.40. The minimum atomic E-state index is 0.387. The van der Waals surface area contributed by atoms with Crippen LogP contribution in [-0.4, -0.2) is 5.11 Å². The number of aryl methyl sites for hydroxylation is 1. The van der Waals surface area contributed by atoms with E-state index in [0.29, 0.717) is 5.75 Å². The highest BCUT2D eigenvalue weighted by Crippen LogP contribution is 2.14. The minimum absolute atomic E-state index is 0.387. The number of hydrogen-bond donors (Lipinski definition) is 1. The van der Waals surface area contributed by atoms with Crippen molar-refractivity contribution in [3.63, 3.8) is 0 Å². The summed E-state index contributed by atoms with van der Waals surface area (Å²) in [7, 11) is 0. The van der Waals surface area contributed by atoms with E-state index in [0.717, 1.165) is 6.42 Å². The molecule has 1 N–H and O–H groups in total. The van der Waals surface area contributed by atoms with Crippen LogP contribution >= 0.6 is 0 Å². The van der Waals surface area contributed by atoms with E-state index in [-0.39, 0.29) is 0 Å². The summed E-state index contributed by atoms with van der Waals surface area (Å²) < 4.78 is 0. The van der Waals surface area contributed by atoms with E-state index >= 15 is 0 Å². The van der Waals surface area contributed by atoms with Crippen molar-refractivity contribution < 1.29 is 5.11 Å². The van der Waals surface area contributed by atoms with E-state index in [9.17, 15) is 5.11 Å². The van der Waals surface area contributed by atoms with Gasteiger partial charge in [-0.15, -0.1) is 0 Å². The van der Waals surface area contributed by atoms with Crippen molar-refractivity contribution in [2.75, 3.05) is 0 Å². The molecule has 1 heteroatoms. The smallest absolute Gasteiger partial charge is 0.115 e. The van der Waals surface area contributed by atoms with Gasteiger partial charge in [0.25, 0.3) is 0 Å². The first kappa shape index (κ1) is 17.8. The summed E-state index contributed by atoms with van der Waals surface area (Å²) in [6.45, 7) is 2.25.